The summed E-state index contributed by atoms with van der Waals surface area (Å²) in [4.78, 5) is 14.3. The van der Waals surface area contributed by atoms with Crippen molar-refractivity contribution in [1.82, 2.24) is 4.90 Å². The highest BCUT2D eigenvalue weighted by molar-refractivity contribution is 5.81. The first-order chi connectivity index (χ1) is 9.43. The molecule has 2 rings (SSSR count). The van der Waals surface area contributed by atoms with Crippen LogP contribution in [0.1, 0.15) is 50.7 Å². The molecule has 1 heterocycles. The molecule has 0 spiro atoms. The topological polar surface area (TPSA) is 40.5 Å². The van der Waals surface area contributed by atoms with Crippen LogP contribution >= 0.6 is 0 Å². The van der Waals surface area contributed by atoms with Crippen molar-refractivity contribution >= 4 is 5.91 Å². The van der Waals surface area contributed by atoms with E-state index < -0.39 is 0 Å². The van der Waals surface area contributed by atoms with Gasteiger partial charge in [0.05, 0.1) is 6.61 Å². The van der Waals surface area contributed by atoms with Gasteiger partial charge in [-0.05, 0) is 29.9 Å². The molecular formula is C17H25NO2. The molecule has 1 aliphatic heterocycles. The van der Waals surface area contributed by atoms with Gasteiger partial charge in [-0.3, -0.25) is 4.79 Å². The van der Waals surface area contributed by atoms with Crippen LogP contribution in [-0.4, -0.2) is 29.0 Å². The highest BCUT2D eigenvalue weighted by Crippen LogP contribution is 2.32. The van der Waals surface area contributed by atoms with Crippen LogP contribution in [0.15, 0.2) is 24.3 Å². The third-order valence-corrected chi connectivity index (χ3v) is 4.09. The Balaban J connectivity index is 2.03. The first-order valence-corrected chi connectivity index (χ1v) is 7.41. The third kappa shape index (κ3) is 3.21. The van der Waals surface area contributed by atoms with Gasteiger partial charge in [-0.1, -0.05) is 45.0 Å². The molecule has 0 aromatic heterocycles. The molecule has 1 fully saturated rings. The normalized spacial score (nSPS) is 17.3. The number of aliphatic hydroxyl groups is 1. The summed E-state index contributed by atoms with van der Waals surface area (Å²) in [6.45, 7) is 7.66. The smallest absolute Gasteiger partial charge is 0.227 e. The predicted octanol–water partition coefficient (Wildman–Crippen LogP) is 2.93. The number of likely N-dealkylation sites (tertiary alicyclic amines) is 1. The van der Waals surface area contributed by atoms with E-state index in [0.29, 0.717) is 5.92 Å². The van der Waals surface area contributed by atoms with Gasteiger partial charge < -0.3 is 10.0 Å². The van der Waals surface area contributed by atoms with Crippen LogP contribution in [0.5, 0.6) is 0 Å². The highest BCUT2D eigenvalue weighted by Gasteiger charge is 2.31. The van der Waals surface area contributed by atoms with E-state index in [0.717, 1.165) is 31.5 Å². The van der Waals surface area contributed by atoms with Gasteiger partial charge in [-0.2, -0.15) is 0 Å². The molecule has 110 valence electrons. The molecule has 1 N–H and O–H groups in total. The van der Waals surface area contributed by atoms with E-state index in [1.165, 1.54) is 5.56 Å². The summed E-state index contributed by atoms with van der Waals surface area (Å²) in [6, 6.07) is 8.09. The van der Waals surface area contributed by atoms with E-state index in [1.54, 1.807) is 0 Å². The van der Waals surface area contributed by atoms with E-state index in [1.807, 2.05) is 43.9 Å². The van der Waals surface area contributed by atoms with Crippen molar-refractivity contribution in [3.63, 3.8) is 0 Å². The zero-order valence-electron chi connectivity index (χ0n) is 12.7. The second kappa shape index (κ2) is 5.96. The Kier molecular flexibility index (Phi) is 4.48. The Bertz CT molecular complexity index is 468. The van der Waals surface area contributed by atoms with Crippen molar-refractivity contribution in [3.05, 3.63) is 35.4 Å². The number of amides is 1. The number of nitrogens with zero attached hydrogens (tertiary/aromatic N) is 1. The van der Waals surface area contributed by atoms with Gasteiger partial charge in [-0.25, -0.2) is 0 Å². The Hall–Kier alpha value is -1.35. The zero-order chi connectivity index (χ0) is 14.8. The Morgan fingerprint density at radius 2 is 1.85 bits per heavy atom. The maximum atomic E-state index is 12.3. The molecule has 1 aromatic carbocycles. The maximum absolute atomic E-state index is 12.3. The lowest BCUT2D eigenvalue weighted by molar-refractivity contribution is -0.140. The SMILES string of the molecule is CC(C)(C)C(=O)N1CCC(c2ccccc2CO)CC1. The van der Waals surface area contributed by atoms with Gasteiger partial charge in [0.25, 0.3) is 0 Å². The number of hydrogen-bond donors (Lipinski definition) is 1. The fourth-order valence-corrected chi connectivity index (χ4v) is 2.94. The van der Waals surface area contributed by atoms with Crippen LogP contribution in [0, 0.1) is 5.41 Å². The predicted molar refractivity (Wildman–Crippen MR) is 80.4 cm³/mol. The number of rotatable bonds is 2. The van der Waals surface area contributed by atoms with E-state index in [4.69, 9.17) is 0 Å². The lowest BCUT2D eigenvalue weighted by Gasteiger charge is -2.36. The fourth-order valence-electron chi connectivity index (χ4n) is 2.94. The number of benzene rings is 1. The molecule has 20 heavy (non-hydrogen) atoms. The maximum Gasteiger partial charge on any atom is 0.227 e. The van der Waals surface area contributed by atoms with Crippen molar-refractivity contribution in [2.24, 2.45) is 5.41 Å². The summed E-state index contributed by atoms with van der Waals surface area (Å²) in [5.41, 5.74) is 1.97. The van der Waals surface area contributed by atoms with Gasteiger partial charge in [0.1, 0.15) is 0 Å². The van der Waals surface area contributed by atoms with Gasteiger partial charge >= 0.3 is 0 Å². The molecule has 0 radical (unpaired) electrons. The number of aliphatic hydroxyl groups excluding tert-OH is 1. The average molecular weight is 275 g/mol. The quantitative estimate of drug-likeness (QED) is 0.901. The second-order valence-corrected chi connectivity index (χ2v) is 6.67. The highest BCUT2D eigenvalue weighted by atomic mass is 16.3. The Morgan fingerprint density at radius 3 is 2.40 bits per heavy atom. The summed E-state index contributed by atoms with van der Waals surface area (Å²) in [7, 11) is 0. The van der Waals surface area contributed by atoms with Gasteiger partial charge in [0, 0.05) is 18.5 Å². The molecule has 0 unspecified atom stereocenters. The standard InChI is InChI=1S/C17H25NO2/c1-17(2,3)16(20)18-10-8-13(9-11-18)15-7-5-4-6-14(15)12-19/h4-7,13,19H,8-12H2,1-3H3. The van der Waals surface area contributed by atoms with Gasteiger partial charge in [0.15, 0.2) is 0 Å². The molecule has 1 aliphatic rings. The minimum atomic E-state index is -0.296. The molecule has 0 saturated carbocycles. The monoisotopic (exact) mass is 275 g/mol. The molecule has 0 bridgehead atoms. The molecule has 3 nitrogen and oxygen atoms in total. The number of carbonyl (C=O) groups excluding carboxylic acids is 1. The van der Waals surface area contributed by atoms with Crippen LogP contribution in [0.3, 0.4) is 0 Å². The molecular weight excluding hydrogens is 250 g/mol. The van der Waals surface area contributed by atoms with Crippen LogP contribution in [0.2, 0.25) is 0 Å². The third-order valence-electron chi connectivity index (χ3n) is 4.09. The van der Waals surface area contributed by atoms with Crippen LogP contribution in [0.25, 0.3) is 0 Å². The van der Waals surface area contributed by atoms with E-state index in [9.17, 15) is 9.90 Å². The lowest BCUT2D eigenvalue weighted by Crippen LogP contribution is -2.43. The molecule has 3 heteroatoms. The average Bonchev–Trinajstić information content (AvgIpc) is 2.45. The first kappa shape index (κ1) is 15.0. The number of carbonyl (C=O) groups is 1. The second-order valence-electron chi connectivity index (χ2n) is 6.67. The molecule has 1 aromatic rings. The van der Waals surface area contributed by atoms with Gasteiger partial charge in [-0.15, -0.1) is 0 Å². The largest absolute Gasteiger partial charge is 0.392 e. The van der Waals surface area contributed by atoms with Crippen LogP contribution in [0.4, 0.5) is 0 Å². The summed E-state index contributed by atoms with van der Waals surface area (Å²) in [5.74, 6) is 0.703. The molecule has 1 saturated heterocycles. The van der Waals surface area contributed by atoms with Crippen LogP contribution in [-0.2, 0) is 11.4 Å². The lowest BCUT2D eigenvalue weighted by atomic mass is 9.85. The van der Waals surface area contributed by atoms with E-state index >= 15 is 0 Å². The summed E-state index contributed by atoms with van der Waals surface area (Å²) >= 11 is 0. The number of hydrogen-bond acceptors (Lipinski definition) is 2. The first-order valence-electron chi connectivity index (χ1n) is 7.41. The Labute approximate surface area is 121 Å². The Morgan fingerprint density at radius 1 is 1.25 bits per heavy atom. The summed E-state index contributed by atoms with van der Waals surface area (Å²) in [5, 5.41) is 9.43. The molecule has 1 amide bonds. The van der Waals surface area contributed by atoms with Crippen LogP contribution < -0.4 is 0 Å². The molecule has 0 aliphatic carbocycles. The minimum absolute atomic E-state index is 0.0946. The van der Waals surface area contributed by atoms with Crippen molar-refractivity contribution < 1.29 is 9.90 Å². The van der Waals surface area contributed by atoms with Crippen molar-refractivity contribution in [2.75, 3.05) is 13.1 Å². The van der Waals surface area contributed by atoms with Gasteiger partial charge in [0.2, 0.25) is 5.91 Å². The fraction of sp³-hybridized carbons (Fsp3) is 0.588. The van der Waals surface area contributed by atoms with E-state index in [-0.39, 0.29) is 17.9 Å². The van der Waals surface area contributed by atoms with Crippen molar-refractivity contribution in [1.29, 1.82) is 0 Å². The molecule has 0 atom stereocenters. The number of piperidine rings is 1. The summed E-state index contributed by atoms with van der Waals surface area (Å²) in [6.07, 6.45) is 1.97. The van der Waals surface area contributed by atoms with Crippen molar-refractivity contribution in [3.8, 4) is 0 Å². The summed E-state index contributed by atoms with van der Waals surface area (Å²) < 4.78 is 0. The zero-order valence-corrected chi connectivity index (χ0v) is 12.7. The van der Waals surface area contributed by atoms with E-state index in [2.05, 4.69) is 6.07 Å². The minimum Gasteiger partial charge on any atom is -0.392 e. The van der Waals surface area contributed by atoms with Crippen molar-refractivity contribution in [2.45, 2.75) is 46.1 Å².